The number of amides is 1. The van der Waals surface area contributed by atoms with Gasteiger partial charge in [-0.3, -0.25) is 9.59 Å². The Morgan fingerprint density at radius 1 is 1.07 bits per heavy atom. The molecule has 6 rings (SSSR count). The van der Waals surface area contributed by atoms with E-state index in [4.69, 9.17) is 4.74 Å². The largest absolute Gasteiger partial charge is 0.469 e. The van der Waals surface area contributed by atoms with Gasteiger partial charge in [-0.1, -0.05) is 28.1 Å². The number of esters is 1. The molecule has 1 aromatic carbocycles. The van der Waals surface area contributed by atoms with E-state index < -0.39 is 5.92 Å². The second kappa shape index (κ2) is 6.33. The highest BCUT2D eigenvalue weighted by molar-refractivity contribution is 9.10. The number of carbonyl (C=O) groups is 2. The van der Waals surface area contributed by atoms with Gasteiger partial charge in [0, 0.05) is 16.4 Å². The first kappa shape index (κ1) is 17.7. The molecule has 1 aliphatic heterocycles. The summed E-state index contributed by atoms with van der Waals surface area (Å²) in [6, 6.07) is 7.91. The van der Waals surface area contributed by atoms with Crippen LogP contribution in [0.5, 0.6) is 0 Å². The lowest BCUT2D eigenvalue weighted by atomic mass is 9.52. The van der Waals surface area contributed by atoms with Crippen molar-refractivity contribution in [3.05, 3.63) is 34.3 Å². The maximum absolute atomic E-state index is 13.3. The van der Waals surface area contributed by atoms with E-state index in [9.17, 15) is 9.59 Å². The van der Waals surface area contributed by atoms with Gasteiger partial charge < -0.3 is 9.64 Å². The monoisotopic (exact) mass is 431 g/mol. The molecule has 1 heterocycles. The molecule has 144 valence electrons. The van der Waals surface area contributed by atoms with Crippen molar-refractivity contribution in [3.63, 3.8) is 0 Å². The van der Waals surface area contributed by atoms with Crippen LogP contribution in [-0.2, 0) is 14.3 Å². The summed E-state index contributed by atoms with van der Waals surface area (Å²) in [5.74, 6) is 1.74. The standard InChI is InChI=1S/C22H26BrNO3/c1-27-21(26)18-9-19(25)24(20(18)16-2-4-17(23)5-3-16)22-10-13-6-14(11-22)8-15(7-13)12-22/h2-5,13-15,18,20H,6-12H2,1H3/t13?,14?,15?,18-,20+,22?/m1/s1. The number of methoxy groups -OCH3 is 1. The van der Waals surface area contributed by atoms with Crippen molar-refractivity contribution in [2.45, 2.75) is 56.5 Å². The highest BCUT2D eigenvalue weighted by atomic mass is 79.9. The third-order valence-corrected chi connectivity index (χ3v) is 8.08. The first-order valence-electron chi connectivity index (χ1n) is 10.1. The van der Waals surface area contributed by atoms with Gasteiger partial charge in [-0.25, -0.2) is 0 Å². The molecule has 5 aliphatic rings. The van der Waals surface area contributed by atoms with Crippen molar-refractivity contribution >= 4 is 27.8 Å². The topological polar surface area (TPSA) is 46.6 Å². The highest BCUT2D eigenvalue weighted by Gasteiger charge is 2.60. The van der Waals surface area contributed by atoms with Gasteiger partial charge in [0.25, 0.3) is 0 Å². The highest BCUT2D eigenvalue weighted by Crippen LogP contribution is 2.61. The minimum absolute atomic E-state index is 0.0493. The molecule has 4 bridgehead atoms. The molecular weight excluding hydrogens is 406 g/mol. The maximum Gasteiger partial charge on any atom is 0.311 e. The van der Waals surface area contributed by atoms with E-state index >= 15 is 0 Å². The molecule has 0 spiro atoms. The van der Waals surface area contributed by atoms with Crippen LogP contribution in [0, 0.1) is 23.7 Å². The Balaban J connectivity index is 1.57. The van der Waals surface area contributed by atoms with Gasteiger partial charge >= 0.3 is 5.97 Å². The van der Waals surface area contributed by atoms with Crippen molar-refractivity contribution in [2.75, 3.05) is 7.11 Å². The zero-order chi connectivity index (χ0) is 18.8. The molecule has 0 N–H and O–H groups in total. The molecule has 27 heavy (non-hydrogen) atoms. The van der Waals surface area contributed by atoms with E-state index in [-0.39, 0.29) is 29.9 Å². The Bertz CT molecular complexity index is 739. The number of ether oxygens (including phenoxy) is 1. The molecule has 4 aliphatic carbocycles. The van der Waals surface area contributed by atoms with Gasteiger partial charge in [0.1, 0.15) is 0 Å². The predicted octanol–water partition coefficient (Wildman–Crippen LogP) is 4.48. The Morgan fingerprint density at radius 3 is 2.15 bits per heavy atom. The van der Waals surface area contributed by atoms with Crippen molar-refractivity contribution in [1.82, 2.24) is 4.90 Å². The number of benzene rings is 1. The summed E-state index contributed by atoms with van der Waals surface area (Å²) in [5.41, 5.74) is 1.00. The predicted molar refractivity (Wildman–Crippen MR) is 105 cm³/mol. The summed E-state index contributed by atoms with van der Waals surface area (Å²) < 4.78 is 6.10. The third-order valence-electron chi connectivity index (χ3n) is 7.55. The molecule has 0 radical (unpaired) electrons. The van der Waals surface area contributed by atoms with Crippen LogP contribution >= 0.6 is 15.9 Å². The Labute approximate surface area is 168 Å². The number of likely N-dealkylation sites (tertiary alicyclic amines) is 1. The van der Waals surface area contributed by atoms with E-state index in [1.165, 1.54) is 26.4 Å². The van der Waals surface area contributed by atoms with Crippen LogP contribution in [0.1, 0.15) is 56.6 Å². The number of hydrogen-bond donors (Lipinski definition) is 0. The Hall–Kier alpha value is -1.36. The summed E-state index contributed by atoms with van der Waals surface area (Å²) in [7, 11) is 1.43. The number of hydrogen-bond acceptors (Lipinski definition) is 3. The van der Waals surface area contributed by atoms with Crippen LogP contribution < -0.4 is 0 Å². The smallest absolute Gasteiger partial charge is 0.311 e. The van der Waals surface area contributed by atoms with Crippen molar-refractivity contribution in [2.24, 2.45) is 23.7 Å². The van der Waals surface area contributed by atoms with Crippen molar-refractivity contribution < 1.29 is 14.3 Å². The fourth-order valence-electron chi connectivity index (χ4n) is 7.06. The molecular formula is C22H26BrNO3. The van der Waals surface area contributed by atoms with E-state index in [0.29, 0.717) is 0 Å². The number of halogens is 1. The minimum atomic E-state index is -0.406. The average Bonchev–Trinajstić information content (AvgIpc) is 2.98. The van der Waals surface area contributed by atoms with E-state index in [1.54, 1.807) is 0 Å². The first-order valence-corrected chi connectivity index (χ1v) is 10.9. The van der Waals surface area contributed by atoms with Gasteiger partial charge in [-0.15, -0.1) is 0 Å². The van der Waals surface area contributed by atoms with Crippen LogP contribution in [-0.4, -0.2) is 29.4 Å². The van der Waals surface area contributed by atoms with Crippen LogP contribution in [0.25, 0.3) is 0 Å². The molecule has 5 fully saturated rings. The minimum Gasteiger partial charge on any atom is -0.469 e. The Kier molecular flexibility index (Phi) is 4.15. The summed E-state index contributed by atoms with van der Waals surface area (Å²) >= 11 is 3.50. The van der Waals surface area contributed by atoms with Gasteiger partial charge in [-0.05, 0) is 74.0 Å². The molecule has 5 heteroatoms. The normalized spacial score (nSPS) is 39.9. The molecule has 4 nitrogen and oxygen atoms in total. The number of rotatable bonds is 3. The van der Waals surface area contributed by atoms with Gasteiger partial charge in [0.15, 0.2) is 0 Å². The second-order valence-electron chi connectivity index (χ2n) is 9.24. The zero-order valence-corrected chi connectivity index (χ0v) is 17.3. The lowest BCUT2D eigenvalue weighted by Gasteiger charge is -2.61. The SMILES string of the molecule is COC(=O)[C@@H]1CC(=O)N(C23CC4CC(CC(C4)C2)C3)[C@H]1c1ccc(Br)cc1. The summed E-state index contributed by atoms with van der Waals surface area (Å²) in [5, 5.41) is 0. The van der Waals surface area contributed by atoms with Crippen molar-refractivity contribution in [3.8, 4) is 0 Å². The van der Waals surface area contributed by atoms with E-state index in [2.05, 4.69) is 33.0 Å². The van der Waals surface area contributed by atoms with Gasteiger partial charge in [0.2, 0.25) is 5.91 Å². The van der Waals surface area contributed by atoms with E-state index in [0.717, 1.165) is 47.1 Å². The van der Waals surface area contributed by atoms with Crippen LogP contribution in [0.3, 0.4) is 0 Å². The molecule has 0 unspecified atom stereocenters. The lowest BCUT2D eigenvalue weighted by molar-refractivity contribution is -0.152. The fourth-order valence-corrected chi connectivity index (χ4v) is 7.32. The van der Waals surface area contributed by atoms with Crippen LogP contribution in [0.4, 0.5) is 0 Å². The van der Waals surface area contributed by atoms with Gasteiger partial charge in [-0.2, -0.15) is 0 Å². The number of carbonyl (C=O) groups excluding carboxylic acids is 2. The maximum atomic E-state index is 13.3. The van der Waals surface area contributed by atoms with E-state index in [1.807, 2.05) is 12.1 Å². The first-order chi connectivity index (χ1) is 13.0. The molecule has 1 aromatic rings. The quantitative estimate of drug-likeness (QED) is 0.662. The molecule has 2 atom stereocenters. The molecule has 0 aromatic heterocycles. The average molecular weight is 432 g/mol. The molecule has 4 saturated carbocycles. The third kappa shape index (κ3) is 2.76. The van der Waals surface area contributed by atoms with Crippen molar-refractivity contribution in [1.29, 1.82) is 0 Å². The fraction of sp³-hybridized carbons (Fsp3) is 0.636. The molecule has 1 saturated heterocycles. The second-order valence-corrected chi connectivity index (χ2v) is 10.2. The Morgan fingerprint density at radius 2 is 1.63 bits per heavy atom. The van der Waals surface area contributed by atoms with Crippen LogP contribution in [0.2, 0.25) is 0 Å². The summed E-state index contributed by atoms with van der Waals surface area (Å²) in [4.78, 5) is 28.0. The lowest BCUT2D eigenvalue weighted by Crippen LogP contribution is -2.61. The summed E-state index contributed by atoms with van der Waals surface area (Å²) in [6.45, 7) is 0. The molecule has 1 amide bonds. The van der Waals surface area contributed by atoms with Crippen LogP contribution in [0.15, 0.2) is 28.7 Å². The summed E-state index contributed by atoms with van der Waals surface area (Å²) in [6.07, 6.45) is 7.64. The van der Waals surface area contributed by atoms with Gasteiger partial charge in [0.05, 0.1) is 19.1 Å². The zero-order valence-electron chi connectivity index (χ0n) is 15.7. The number of nitrogens with zero attached hydrogens (tertiary/aromatic N) is 1.